The minimum atomic E-state index is -0.652. The molecule has 0 saturated carbocycles. The molecule has 84 valence electrons. The van der Waals surface area contributed by atoms with Gasteiger partial charge in [-0.1, -0.05) is 0 Å². The number of rotatable bonds is 3. The van der Waals surface area contributed by atoms with Crippen LogP contribution < -0.4 is 5.32 Å². The minimum absolute atomic E-state index is 0.0975. The normalized spacial score (nSPS) is 10.1. The molecule has 0 aliphatic carbocycles. The van der Waals surface area contributed by atoms with Gasteiger partial charge in [-0.25, -0.2) is 4.79 Å². The van der Waals surface area contributed by atoms with Crippen molar-refractivity contribution in [2.24, 2.45) is 5.11 Å². The summed E-state index contributed by atoms with van der Waals surface area (Å²) in [6.07, 6.45) is -0.710. The molecule has 0 aromatic carbocycles. The Hall–Kier alpha value is -1.75. The Bertz CT molecular complexity index is 289. The molecule has 0 atom stereocenters. The number of nitrogens with zero attached hydrogens (tertiary/aromatic N) is 3. The molecule has 0 rings (SSSR count). The van der Waals surface area contributed by atoms with E-state index >= 15 is 0 Å². The lowest BCUT2D eigenvalue weighted by atomic mass is 10.1. The van der Waals surface area contributed by atoms with E-state index in [0.717, 1.165) is 0 Å². The third kappa shape index (κ3) is 8.58. The molecule has 0 saturated heterocycles. The molecule has 0 aliphatic rings. The van der Waals surface area contributed by atoms with E-state index in [1.54, 1.807) is 20.8 Å². The van der Waals surface area contributed by atoms with E-state index in [1.807, 2.05) is 0 Å². The second-order valence-corrected chi connectivity index (χ2v) is 3.84. The minimum Gasteiger partial charge on any atom is -0.449 e. The quantitative estimate of drug-likeness (QED) is 0.439. The smallest absolute Gasteiger partial charge is 0.407 e. The maximum Gasteiger partial charge on any atom is 0.407 e. The van der Waals surface area contributed by atoms with Gasteiger partial charge in [0.1, 0.15) is 6.61 Å². The zero-order chi connectivity index (χ0) is 11.9. The van der Waals surface area contributed by atoms with Crippen molar-refractivity contribution in [2.75, 3.05) is 6.61 Å². The molecule has 15 heavy (non-hydrogen) atoms. The van der Waals surface area contributed by atoms with Gasteiger partial charge < -0.3 is 10.1 Å². The van der Waals surface area contributed by atoms with E-state index in [-0.39, 0.29) is 18.6 Å². The predicted molar refractivity (Wildman–Crippen MR) is 53.0 cm³/mol. The van der Waals surface area contributed by atoms with E-state index in [4.69, 9.17) is 5.53 Å². The summed E-state index contributed by atoms with van der Waals surface area (Å²) >= 11 is 0. The number of alkyl carbamates (subject to hydrolysis) is 1. The molecule has 2 amide bonds. The molecular weight excluding hydrogens is 200 g/mol. The number of hydrogen-bond donors (Lipinski definition) is 1. The first-order chi connectivity index (χ1) is 6.85. The zero-order valence-electron chi connectivity index (χ0n) is 8.98. The molecule has 7 nitrogen and oxygen atoms in total. The van der Waals surface area contributed by atoms with Crippen LogP contribution in [0.25, 0.3) is 10.4 Å². The lowest BCUT2D eigenvalue weighted by Gasteiger charge is -2.19. The lowest BCUT2D eigenvalue weighted by molar-refractivity contribution is -0.118. The Kier molecular flexibility index (Phi) is 5.19. The summed E-state index contributed by atoms with van der Waals surface area (Å²) in [7, 11) is 0. The van der Waals surface area contributed by atoms with Crippen molar-refractivity contribution in [3.05, 3.63) is 10.4 Å². The Morgan fingerprint density at radius 2 is 2.07 bits per heavy atom. The zero-order valence-corrected chi connectivity index (χ0v) is 8.98. The second-order valence-electron chi connectivity index (χ2n) is 3.84. The number of amides is 2. The van der Waals surface area contributed by atoms with Crippen molar-refractivity contribution in [2.45, 2.75) is 32.7 Å². The van der Waals surface area contributed by atoms with Gasteiger partial charge in [0.15, 0.2) is 0 Å². The van der Waals surface area contributed by atoms with Crippen LogP contribution >= 0.6 is 0 Å². The van der Waals surface area contributed by atoms with Crippen LogP contribution in [0.1, 0.15) is 27.2 Å². The predicted octanol–water partition coefficient (Wildman–Crippen LogP) is 1.74. The highest BCUT2D eigenvalue weighted by Crippen LogP contribution is 1.99. The highest BCUT2D eigenvalue weighted by molar-refractivity contribution is 5.77. The van der Waals surface area contributed by atoms with Crippen LogP contribution in [0.3, 0.4) is 0 Å². The standard InChI is InChI=1S/C8H14N4O3/c1-8(2,3)10-7(14)15-5-4-6(13)11-12-9/h4-5H2,1-3H3,(H,10,14). The van der Waals surface area contributed by atoms with Crippen molar-refractivity contribution in [1.82, 2.24) is 5.32 Å². The lowest BCUT2D eigenvalue weighted by Crippen LogP contribution is -2.41. The Morgan fingerprint density at radius 1 is 1.47 bits per heavy atom. The maximum absolute atomic E-state index is 11.0. The molecule has 0 radical (unpaired) electrons. The van der Waals surface area contributed by atoms with Gasteiger partial charge in [-0.15, -0.1) is 0 Å². The van der Waals surface area contributed by atoms with E-state index in [2.05, 4.69) is 20.1 Å². The van der Waals surface area contributed by atoms with Crippen molar-refractivity contribution in [1.29, 1.82) is 0 Å². The summed E-state index contributed by atoms with van der Waals surface area (Å²) in [5, 5.41) is 5.37. The van der Waals surface area contributed by atoms with Crippen LogP contribution in [0.5, 0.6) is 0 Å². The van der Waals surface area contributed by atoms with Gasteiger partial charge in [-0.3, -0.25) is 4.79 Å². The highest BCUT2D eigenvalue weighted by Gasteiger charge is 2.14. The van der Waals surface area contributed by atoms with Crippen LogP contribution in [0.15, 0.2) is 5.11 Å². The first kappa shape index (κ1) is 13.2. The van der Waals surface area contributed by atoms with Crippen molar-refractivity contribution in [3.8, 4) is 0 Å². The Labute approximate surface area is 87.4 Å². The third-order valence-corrected chi connectivity index (χ3v) is 1.18. The van der Waals surface area contributed by atoms with Gasteiger partial charge in [0.05, 0.1) is 0 Å². The van der Waals surface area contributed by atoms with Crippen LogP contribution in [0, 0.1) is 0 Å². The van der Waals surface area contributed by atoms with Gasteiger partial charge in [-0.05, 0) is 31.4 Å². The van der Waals surface area contributed by atoms with Crippen molar-refractivity contribution < 1.29 is 14.3 Å². The van der Waals surface area contributed by atoms with Crippen molar-refractivity contribution in [3.63, 3.8) is 0 Å². The second kappa shape index (κ2) is 5.87. The molecule has 0 bridgehead atoms. The molecule has 0 heterocycles. The first-order valence-electron chi connectivity index (χ1n) is 4.38. The van der Waals surface area contributed by atoms with Crippen molar-refractivity contribution >= 4 is 12.0 Å². The summed E-state index contributed by atoms with van der Waals surface area (Å²) in [5.41, 5.74) is 7.53. The first-order valence-corrected chi connectivity index (χ1v) is 4.38. The van der Waals surface area contributed by atoms with E-state index in [0.29, 0.717) is 0 Å². The Morgan fingerprint density at radius 3 is 2.53 bits per heavy atom. The fraction of sp³-hybridized carbons (Fsp3) is 0.750. The van der Waals surface area contributed by atoms with E-state index < -0.39 is 12.0 Å². The van der Waals surface area contributed by atoms with Gasteiger partial charge in [0.25, 0.3) is 0 Å². The summed E-state index contributed by atoms with van der Waals surface area (Å²) in [5.74, 6) is -0.652. The molecule has 0 aromatic heterocycles. The number of azide groups is 1. The average molecular weight is 214 g/mol. The molecular formula is C8H14N4O3. The fourth-order valence-electron chi connectivity index (χ4n) is 0.673. The number of nitrogens with one attached hydrogen (secondary N) is 1. The Balaban J connectivity index is 3.74. The van der Waals surface area contributed by atoms with Gasteiger partial charge in [-0.2, -0.15) is 0 Å². The maximum atomic E-state index is 11.0. The highest BCUT2D eigenvalue weighted by atomic mass is 16.5. The summed E-state index contributed by atoms with van der Waals surface area (Å²) < 4.78 is 4.68. The molecule has 0 aromatic rings. The van der Waals surface area contributed by atoms with Crippen LogP contribution in [0.2, 0.25) is 0 Å². The summed E-state index contributed by atoms with van der Waals surface area (Å²) in [6, 6.07) is 0. The van der Waals surface area contributed by atoms with Gasteiger partial charge in [0, 0.05) is 16.9 Å². The van der Waals surface area contributed by atoms with E-state index in [9.17, 15) is 9.59 Å². The number of carbonyl (C=O) groups is 2. The molecule has 7 heteroatoms. The molecule has 0 unspecified atom stereocenters. The molecule has 0 aliphatic heterocycles. The monoisotopic (exact) mass is 214 g/mol. The topological polar surface area (TPSA) is 104 Å². The summed E-state index contributed by atoms with van der Waals surface area (Å²) in [6.45, 7) is 5.32. The number of ether oxygens (including phenoxy) is 1. The van der Waals surface area contributed by atoms with Gasteiger partial charge in [0.2, 0.25) is 5.91 Å². The number of hydrogen-bond acceptors (Lipinski definition) is 3. The van der Waals surface area contributed by atoms with Gasteiger partial charge >= 0.3 is 6.09 Å². The summed E-state index contributed by atoms with van der Waals surface area (Å²) in [4.78, 5) is 24.0. The largest absolute Gasteiger partial charge is 0.449 e. The van der Waals surface area contributed by atoms with E-state index in [1.165, 1.54) is 0 Å². The average Bonchev–Trinajstić information content (AvgIpc) is 2.00. The number of carbonyl (C=O) groups excluding carboxylic acids is 2. The molecule has 1 N–H and O–H groups in total. The third-order valence-electron chi connectivity index (χ3n) is 1.18. The van der Waals surface area contributed by atoms with Crippen LogP contribution in [-0.2, 0) is 9.53 Å². The molecule has 0 fully saturated rings. The fourth-order valence-corrected chi connectivity index (χ4v) is 0.673. The van der Waals surface area contributed by atoms with Crippen LogP contribution in [0.4, 0.5) is 4.79 Å². The SMILES string of the molecule is CC(C)(C)NC(=O)OCCC(=O)N=[N+]=[N-]. The van der Waals surface area contributed by atoms with Crippen LogP contribution in [-0.4, -0.2) is 24.1 Å². The molecule has 0 spiro atoms.